The molecule has 9 heteroatoms. The number of hydrogen-bond donors (Lipinski definition) is 1. The molecule has 5 nitrogen and oxygen atoms in total. The van der Waals surface area contributed by atoms with E-state index in [-0.39, 0.29) is 21.3 Å². The Morgan fingerprint density at radius 1 is 1.23 bits per heavy atom. The molecule has 0 fully saturated rings. The number of aromatic amines is 1. The van der Waals surface area contributed by atoms with Gasteiger partial charge in [-0.15, -0.1) is 0 Å². The molecule has 0 unspecified atom stereocenters. The van der Waals surface area contributed by atoms with E-state index in [0.717, 1.165) is 6.07 Å². The molecule has 0 aliphatic rings. The fourth-order valence-electron chi connectivity index (χ4n) is 2.84. The summed E-state index contributed by atoms with van der Waals surface area (Å²) in [6.07, 6.45) is -4.53. The number of aryl methyl sites for hydroxylation is 1. The van der Waals surface area contributed by atoms with E-state index in [2.05, 4.69) is 37.1 Å². The largest absolute Gasteiger partial charge is 0.418 e. The molecule has 26 heavy (non-hydrogen) atoms. The van der Waals surface area contributed by atoms with E-state index in [9.17, 15) is 18.4 Å². The van der Waals surface area contributed by atoms with E-state index in [1.165, 1.54) is 10.7 Å². The van der Waals surface area contributed by atoms with E-state index >= 15 is 0 Å². The van der Waals surface area contributed by atoms with Crippen LogP contribution in [0.25, 0.3) is 22.6 Å². The molecule has 3 aromatic rings. The second kappa shape index (κ2) is 5.84. The summed E-state index contributed by atoms with van der Waals surface area (Å²) < 4.78 is 41.8. The van der Waals surface area contributed by atoms with Crippen LogP contribution in [0.5, 0.6) is 0 Å². The second-order valence-electron chi connectivity index (χ2n) is 6.99. The first kappa shape index (κ1) is 18.5. The number of alkyl halides is 3. The average Bonchev–Trinajstić information content (AvgIpc) is 3.04. The van der Waals surface area contributed by atoms with Crippen LogP contribution in [0.1, 0.15) is 37.6 Å². The van der Waals surface area contributed by atoms with Gasteiger partial charge in [-0.25, -0.2) is 4.98 Å². The van der Waals surface area contributed by atoms with Crippen molar-refractivity contribution in [3.63, 3.8) is 0 Å². The zero-order valence-electron chi connectivity index (χ0n) is 14.5. The van der Waals surface area contributed by atoms with Crippen molar-refractivity contribution in [3.8, 4) is 17.6 Å². The Bertz CT molecular complexity index is 1050. The lowest BCUT2D eigenvalue weighted by molar-refractivity contribution is -0.136. The molecule has 0 saturated carbocycles. The number of imidazole rings is 1. The first-order valence-electron chi connectivity index (χ1n) is 7.68. The van der Waals surface area contributed by atoms with E-state index in [0.29, 0.717) is 17.0 Å². The summed E-state index contributed by atoms with van der Waals surface area (Å²) in [7, 11) is 1.64. The molecule has 1 aromatic carbocycles. The lowest BCUT2D eigenvalue weighted by Gasteiger charge is -2.15. The van der Waals surface area contributed by atoms with Crippen LogP contribution in [0.4, 0.5) is 13.2 Å². The predicted molar refractivity (Wildman–Crippen MR) is 94.4 cm³/mol. The van der Waals surface area contributed by atoms with Gasteiger partial charge in [0.25, 0.3) is 0 Å². The summed E-state index contributed by atoms with van der Waals surface area (Å²) in [5, 5.41) is 14.0. The number of H-pyrrole nitrogens is 1. The highest BCUT2D eigenvalue weighted by Crippen LogP contribution is 2.38. The quantitative estimate of drug-likeness (QED) is 0.601. The van der Waals surface area contributed by atoms with Gasteiger partial charge >= 0.3 is 6.18 Å². The van der Waals surface area contributed by atoms with E-state index < -0.39 is 17.2 Å². The molecular formula is C17H15BrF3N5. The first-order chi connectivity index (χ1) is 11.9. The maximum atomic E-state index is 13.4. The minimum absolute atomic E-state index is 0.127. The number of rotatable bonds is 1. The van der Waals surface area contributed by atoms with Gasteiger partial charge in [0.05, 0.1) is 22.3 Å². The molecule has 136 valence electrons. The molecule has 2 aromatic heterocycles. The lowest BCUT2D eigenvalue weighted by Crippen LogP contribution is -2.14. The van der Waals surface area contributed by atoms with Crippen molar-refractivity contribution >= 4 is 27.0 Å². The zero-order chi connectivity index (χ0) is 19.4. The molecule has 0 radical (unpaired) electrons. The molecule has 3 rings (SSSR count). The standard InChI is InChI=1S/C17H15BrF3N5/c1-16(2,3)14-9(7-22)13(26(4)25-14)15-23-11-6-8(18)5-10(12(11)24-15)17(19,20)21/h5-6H,1-4H3,(H,23,24). The second-order valence-corrected chi connectivity index (χ2v) is 7.90. The number of nitrogens with zero attached hydrogens (tertiary/aromatic N) is 4. The number of hydrogen-bond acceptors (Lipinski definition) is 3. The smallest absolute Gasteiger partial charge is 0.336 e. The normalized spacial score (nSPS) is 12.6. The molecule has 0 saturated heterocycles. The van der Waals surface area contributed by atoms with Crippen molar-refractivity contribution in [2.75, 3.05) is 0 Å². The lowest BCUT2D eigenvalue weighted by atomic mass is 9.89. The Morgan fingerprint density at radius 2 is 1.88 bits per heavy atom. The van der Waals surface area contributed by atoms with Crippen molar-refractivity contribution in [1.82, 2.24) is 19.7 Å². The Morgan fingerprint density at radius 3 is 2.42 bits per heavy atom. The van der Waals surface area contributed by atoms with Gasteiger partial charge in [0.2, 0.25) is 0 Å². The van der Waals surface area contributed by atoms with E-state index in [1.54, 1.807) is 7.05 Å². The third kappa shape index (κ3) is 2.98. The van der Waals surface area contributed by atoms with Crippen LogP contribution in [-0.2, 0) is 18.6 Å². The molecule has 0 spiro atoms. The van der Waals surface area contributed by atoms with Crippen LogP contribution in [0.3, 0.4) is 0 Å². The van der Waals surface area contributed by atoms with Gasteiger partial charge in [-0.05, 0) is 12.1 Å². The average molecular weight is 426 g/mol. The molecular weight excluding hydrogens is 411 g/mol. The fourth-order valence-corrected chi connectivity index (χ4v) is 3.29. The zero-order valence-corrected chi connectivity index (χ0v) is 16.0. The van der Waals surface area contributed by atoms with Crippen molar-refractivity contribution in [2.45, 2.75) is 32.4 Å². The minimum atomic E-state index is -4.53. The van der Waals surface area contributed by atoms with Crippen molar-refractivity contribution < 1.29 is 13.2 Å². The molecule has 0 amide bonds. The van der Waals surface area contributed by atoms with E-state index in [4.69, 9.17) is 0 Å². The number of nitriles is 1. The SMILES string of the molecule is Cn1nc(C(C)(C)C)c(C#N)c1-c1nc2cc(Br)cc(C(F)(F)F)c2[nH]1. The predicted octanol–water partition coefficient (Wildman–Crippen LogP) is 4.91. The molecule has 0 bridgehead atoms. The highest BCUT2D eigenvalue weighted by Gasteiger charge is 2.35. The summed E-state index contributed by atoms with van der Waals surface area (Å²) >= 11 is 3.09. The van der Waals surface area contributed by atoms with Crippen LogP contribution < -0.4 is 0 Å². The molecule has 2 heterocycles. The number of benzene rings is 1. The van der Waals surface area contributed by atoms with Crippen LogP contribution >= 0.6 is 15.9 Å². The maximum absolute atomic E-state index is 13.4. The summed E-state index contributed by atoms with van der Waals surface area (Å²) in [5.41, 5.74) is 0.0343. The van der Waals surface area contributed by atoms with Crippen molar-refractivity contribution in [2.24, 2.45) is 7.05 Å². The number of aromatic nitrogens is 4. The van der Waals surface area contributed by atoms with Gasteiger partial charge in [0.15, 0.2) is 5.82 Å². The molecule has 1 N–H and O–H groups in total. The summed E-state index contributed by atoms with van der Waals surface area (Å²) in [4.78, 5) is 7.02. The van der Waals surface area contributed by atoms with Crippen LogP contribution in [0.2, 0.25) is 0 Å². The van der Waals surface area contributed by atoms with Crippen LogP contribution in [0.15, 0.2) is 16.6 Å². The van der Waals surface area contributed by atoms with Crippen molar-refractivity contribution in [1.29, 1.82) is 5.26 Å². The van der Waals surface area contributed by atoms with Gasteiger partial charge in [-0.3, -0.25) is 4.68 Å². The Kier molecular flexibility index (Phi) is 4.15. The highest BCUT2D eigenvalue weighted by molar-refractivity contribution is 9.10. The Labute approximate surface area is 156 Å². The summed E-state index contributed by atoms with van der Waals surface area (Å²) in [5.74, 6) is 0.172. The minimum Gasteiger partial charge on any atom is -0.336 e. The number of nitrogens with one attached hydrogen (secondary N) is 1. The molecule has 0 aliphatic carbocycles. The number of fused-ring (bicyclic) bond motifs is 1. The van der Waals surface area contributed by atoms with Gasteiger partial charge in [0, 0.05) is 16.9 Å². The Balaban J connectivity index is 2.32. The first-order valence-corrected chi connectivity index (χ1v) is 8.47. The fraction of sp³-hybridized carbons (Fsp3) is 0.353. The summed E-state index contributed by atoms with van der Waals surface area (Å²) in [6, 6.07) is 4.61. The van der Waals surface area contributed by atoms with Gasteiger partial charge < -0.3 is 4.98 Å². The summed E-state index contributed by atoms with van der Waals surface area (Å²) in [6.45, 7) is 5.74. The molecule has 0 atom stereocenters. The Hall–Kier alpha value is -2.34. The van der Waals surface area contributed by atoms with Gasteiger partial charge in [0.1, 0.15) is 17.3 Å². The van der Waals surface area contributed by atoms with E-state index in [1.807, 2.05) is 20.8 Å². The third-order valence-electron chi connectivity index (χ3n) is 3.96. The van der Waals surface area contributed by atoms with Gasteiger partial charge in [-0.2, -0.15) is 23.5 Å². The topological polar surface area (TPSA) is 70.3 Å². The maximum Gasteiger partial charge on any atom is 0.418 e. The van der Waals surface area contributed by atoms with Crippen LogP contribution in [-0.4, -0.2) is 19.7 Å². The molecule has 0 aliphatic heterocycles. The van der Waals surface area contributed by atoms with Gasteiger partial charge in [-0.1, -0.05) is 36.7 Å². The van der Waals surface area contributed by atoms with Crippen LogP contribution in [0, 0.1) is 11.3 Å². The third-order valence-corrected chi connectivity index (χ3v) is 4.41. The van der Waals surface area contributed by atoms with Crippen molar-refractivity contribution in [3.05, 3.63) is 33.4 Å². The highest BCUT2D eigenvalue weighted by atomic mass is 79.9. The number of halogens is 4. The monoisotopic (exact) mass is 425 g/mol.